The van der Waals surface area contributed by atoms with Crippen molar-refractivity contribution in [1.82, 2.24) is 4.98 Å². The Kier molecular flexibility index (Phi) is 4.46. The lowest BCUT2D eigenvalue weighted by atomic mass is 9.89. The first kappa shape index (κ1) is 15.3. The maximum Gasteiger partial charge on any atom is 0.354 e. The molecule has 2 N–H and O–H groups in total. The molecule has 21 heavy (non-hydrogen) atoms. The van der Waals surface area contributed by atoms with Crippen LogP contribution in [0.15, 0.2) is 30.3 Å². The summed E-state index contributed by atoms with van der Waals surface area (Å²) in [5.41, 5.74) is 0.0285. The minimum Gasteiger partial charge on any atom is -0.477 e. The number of aromatic nitrogens is 1. The SMILES string of the molecule is CCC(CC)(CC)Nc1nc(C(=O)O)cc2ccccc12. The van der Waals surface area contributed by atoms with Gasteiger partial charge >= 0.3 is 5.97 Å². The van der Waals surface area contributed by atoms with E-state index in [1.165, 1.54) is 0 Å². The van der Waals surface area contributed by atoms with Gasteiger partial charge < -0.3 is 10.4 Å². The molecular formula is C17H22N2O2. The number of nitrogens with one attached hydrogen (secondary N) is 1. The lowest BCUT2D eigenvalue weighted by Gasteiger charge is -2.33. The molecule has 2 rings (SSSR count). The van der Waals surface area contributed by atoms with Gasteiger partial charge in [0.1, 0.15) is 5.82 Å². The number of aromatic carboxylic acids is 1. The third-order valence-corrected chi connectivity index (χ3v) is 4.37. The van der Waals surface area contributed by atoms with Crippen LogP contribution in [-0.2, 0) is 0 Å². The van der Waals surface area contributed by atoms with Crippen molar-refractivity contribution in [2.45, 2.75) is 45.6 Å². The Labute approximate surface area is 125 Å². The van der Waals surface area contributed by atoms with Crippen molar-refractivity contribution in [2.75, 3.05) is 5.32 Å². The summed E-state index contributed by atoms with van der Waals surface area (Å²) in [5, 5.41) is 14.6. The van der Waals surface area contributed by atoms with E-state index in [2.05, 4.69) is 31.1 Å². The van der Waals surface area contributed by atoms with Gasteiger partial charge in [-0.15, -0.1) is 0 Å². The summed E-state index contributed by atoms with van der Waals surface area (Å²) in [6.07, 6.45) is 2.90. The zero-order valence-corrected chi connectivity index (χ0v) is 12.8. The molecule has 1 aromatic carbocycles. The Balaban J connectivity index is 2.58. The Bertz CT molecular complexity index is 640. The predicted molar refractivity (Wildman–Crippen MR) is 85.9 cm³/mol. The number of benzene rings is 1. The minimum atomic E-state index is -1.00. The predicted octanol–water partition coefficient (Wildman–Crippen LogP) is 4.31. The highest BCUT2D eigenvalue weighted by molar-refractivity contribution is 5.97. The second-order valence-electron chi connectivity index (χ2n) is 5.35. The van der Waals surface area contributed by atoms with E-state index >= 15 is 0 Å². The number of nitrogens with zero attached hydrogens (tertiary/aromatic N) is 1. The number of carboxylic acids is 1. The van der Waals surface area contributed by atoms with E-state index in [4.69, 9.17) is 0 Å². The molecule has 0 unspecified atom stereocenters. The molecule has 0 atom stereocenters. The van der Waals surface area contributed by atoms with Gasteiger partial charge in [-0.05, 0) is 30.7 Å². The summed E-state index contributed by atoms with van der Waals surface area (Å²) in [4.78, 5) is 15.6. The van der Waals surface area contributed by atoms with Crippen molar-refractivity contribution in [3.8, 4) is 0 Å². The van der Waals surface area contributed by atoms with Crippen LogP contribution in [0.1, 0.15) is 50.5 Å². The van der Waals surface area contributed by atoms with Gasteiger partial charge in [0.2, 0.25) is 0 Å². The first-order chi connectivity index (χ1) is 10.0. The number of carbonyl (C=O) groups is 1. The smallest absolute Gasteiger partial charge is 0.354 e. The van der Waals surface area contributed by atoms with Crippen LogP contribution in [0.2, 0.25) is 0 Å². The summed E-state index contributed by atoms with van der Waals surface area (Å²) < 4.78 is 0. The van der Waals surface area contributed by atoms with Crippen molar-refractivity contribution in [3.63, 3.8) is 0 Å². The van der Waals surface area contributed by atoms with E-state index in [1.54, 1.807) is 6.07 Å². The average Bonchev–Trinajstić information content (AvgIpc) is 2.52. The molecule has 2 aromatic rings. The van der Waals surface area contributed by atoms with Crippen LogP contribution in [-0.4, -0.2) is 21.6 Å². The van der Waals surface area contributed by atoms with Crippen molar-refractivity contribution < 1.29 is 9.90 Å². The molecule has 0 aliphatic carbocycles. The quantitative estimate of drug-likeness (QED) is 0.830. The summed E-state index contributed by atoms with van der Waals surface area (Å²) in [5.74, 6) is -0.338. The van der Waals surface area contributed by atoms with E-state index in [0.29, 0.717) is 5.82 Å². The monoisotopic (exact) mass is 286 g/mol. The second kappa shape index (κ2) is 6.12. The van der Waals surface area contributed by atoms with Crippen LogP contribution < -0.4 is 5.32 Å². The normalized spacial score (nSPS) is 11.6. The molecule has 0 aliphatic rings. The van der Waals surface area contributed by atoms with Crippen molar-refractivity contribution in [2.24, 2.45) is 0 Å². The third-order valence-electron chi connectivity index (χ3n) is 4.37. The molecule has 0 spiro atoms. The van der Waals surface area contributed by atoms with Crippen molar-refractivity contribution >= 4 is 22.6 Å². The molecule has 0 fully saturated rings. The van der Waals surface area contributed by atoms with Crippen LogP contribution in [0.25, 0.3) is 10.8 Å². The first-order valence-electron chi connectivity index (χ1n) is 7.46. The Morgan fingerprint density at radius 1 is 1.19 bits per heavy atom. The molecule has 0 saturated heterocycles. The molecule has 1 heterocycles. The molecule has 0 aliphatic heterocycles. The zero-order chi connectivity index (χ0) is 15.5. The van der Waals surface area contributed by atoms with Gasteiger partial charge in [-0.2, -0.15) is 0 Å². The van der Waals surface area contributed by atoms with Gasteiger partial charge in [0.05, 0.1) is 0 Å². The maximum absolute atomic E-state index is 11.3. The number of hydrogen-bond donors (Lipinski definition) is 2. The van der Waals surface area contributed by atoms with Crippen molar-refractivity contribution in [3.05, 3.63) is 36.0 Å². The summed E-state index contributed by atoms with van der Waals surface area (Å²) in [7, 11) is 0. The fraction of sp³-hybridized carbons (Fsp3) is 0.412. The molecule has 4 heteroatoms. The third kappa shape index (κ3) is 2.99. The lowest BCUT2D eigenvalue weighted by molar-refractivity contribution is 0.0691. The molecule has 0 radical (unpaired) electrons. The zero-order valence-electron chi connectivity index (χ0n) is 12.8. The van der Waals surface area contributed by atoms with E-state index in [1.807, 2.05) is 24.3 Å². The number of fused-ring (bicyclic) bond motifs is 1. The minimum absolute atomic E-state index is 0.0487. The van der Waals surface area contributed by atoms with Gasteiger partial charge in [0.15, 0.2) is 5.69 Å². The highest BCUT2D eigenvalue weighted by Gasteiger charge is 2.25. The molecule has 0 saturated carbocycles. The number of rotatable bonds is 6. The lowest BCUT2D eigenvalue weighted by Crippen LogP contribution is -2.36. The second-order valence-corrected chi connectivity index (χ2v) is 5.35. The molecule has 0 amide bonds. The Morgan fingerprint density at radius 2 is 1.81 bits per heavy atom. The van der Waals surface area contributed by atoms with E-state index in [9.17, 15) is 9.90 Å². The summed E-state index contributed by atoms with van der Waals surface area (Å²) >= 11 is 0. The van der Waals surface area contributed by atoms with E-state index in [-0.39, 0.29) is 11.2 Å². The van der Waals surface area contributed by atoms with Gasteiger partial charge in [0, 0.05) is 10.9 Å². The molecule has 1 aromatic heterocycles. The fourth-order valence-corrected chi connectivity index (χ4v) is 2.67. The first-order valence-corrected chi connectivity index (χ1v) is 7.46. The van der Waals surface area contributed by atoms with E-state index in [0.717, 1.165) is 30.0 Å². The number of hydrogen-bond acceptors (Lipinski definition) is 3. The Morgan fingerprint density at radius 3 is 2.38 bits per heavy atom. The van der Waals surface area contributed by atoms with Crippen LogP contribution in [0.3, 0.4) is 0 Å². The topological polar surface area (TPSA) is 62.2 Å². The Hall–Kier alpha value is -2.10. The molecule has 112 valence electrons. The summed E-state index contributed by atoms with van der Waals surface area (Å²) in [6.45, 7) is 6.43. The van der Waals surface area contributed by atoms with Gasteiger partial charge in [-0.25, -0.2) is 9.78 Å². The van der Waals surface area contributed by atoms with Gasteiger partial charge in [0.25, 0.3) is 0 Å². The molecule has 4 nitrogen and oxygen atoms in total. The standard InChI is InChI=1S/C17H22N2O2/c1-4-17(5-2,6-3)19-15-13-10-8-7-9-12(13)11-14(18-15)16(20)21/h7-11H,4-6H2,1-3H3,(H,18,19)(H,20,21). The summed E-state index contributed by atoms with van der Waals surface area (Å²) in [6, 6.07) is 9.36. The van der Waals surface area contributed by atoms with Crippen LogP contribution in [0.5, 0.6) is 0 Å². The maximum atomic E-state index is 11.3. The highest BCUT2D eigenvalue weighted by atomic mass is 16.4. The molecular weight excluding hydrogens is 264 g/mol. The van der Waals surface area contributed by atoms with E-state index < -0.39 is 5.97 Å². The van der Waals surface area contributed by atoms with Gasteiger partial charge in [-0.3, -0.25) is 0 Å². The van der Waals surface area contributed by atoms with Crippen LogP contribution in [0.4, 0.5) is 5.82 Å². The number of carboxylic acid groups (broad SMARTS) is 1. The average molecular weight is 286 g/mol. The van der Waals surface area contributed by atoms with Crippen LogP contribution in [0, 0.1) is 0 Å². The van der Waals surface area contributed by atoms with Crippen LogP contribution >= 0.6 is 0 Å². The number of anilines is 1. The number of pyridine rings is 1. The molecule has 0 bridgehead atoms. The fourth-order valence-electron chi connectivity index (χ4n) is 2.67. The van der Waals surface area contributed by atoms with Gasteiger partial charge in [-0.1, -0.05) is 45.0 Å². The largest absolute Gasteiger partial charge is 0.477 e. The van der Waals surface area contributed by atoms with Crippen molar-refractivity contribution in [1.29, 1.82) is 0 Å². The highest BCUT2D eigenvalue weighted by Crippen LogP contribution is 2.29.